The Labute approximate surface area is 193 Å². The summed E-state index contributed by atoms with van der Waals surface area (Å²) in [5, 5.41) is 0. The van der Waals surface area contributed by atoms with Gasteiger partial charge in [0.05, 0.1) is 17.7 Å². The molecule has 4 aromatic rings. The Balaban J connectivity index is 1.51. The standard InChI is InChI=1S/C26H24N2O4S/c29-26(28(19-21-8-3-1-4-9-21)20-22-10-5-2-6-11-22)23-13-15-25(16-14-23)33(30,31)27-18-24-12-7-17-32-24/h1-17,27H,18-20H2. The van der Waals surface area contributed by atoms with Crippen LogP contribution >= 0.6 is 0 Å². The Bertz CT molecular complexity index is 1230. The van der Waals surface area contributed by atoms with Crippen LogP contribution in [0.15, 0.2) is 113 Å². The largest absolute Gasteiger partial charge is 0.468 e. The molecule has 0 radical (unpaired) electrons. The van der Waals surface area contributed by atoms with E-state index in [0.29, 0.717) is 24.4 Å². The number of carbonyl (C=O) groups excluding carboxylic acids is 1. The van der Waals surface area contributed by atoms with E-state index in [0.717, 1.165) is 11.1 Å². The van der Waals surface area contributed by atoms with Crippen LogP contribution in [0.2, 0.25) is 0 Å². The molecule has 0 bridgehead atoms. The van der Waals surface area contributed by atoms with Crippen molar-refractivity contribution in [3.05, 3.63) is 126 Å². The molecule has 0 fully saturated rings. The van der Waals surface area contributed by atoms with Gasteiger partial charge >= 0.3 is 0 Å². The summed E-state index contributed by atoms with van der Waals surface area (Å²) in [5.74, 6) is 0.345. The van der Waals surface area contributed by atoms with Gasteiger partial charge < -0.3 is 9.32 Å². The molecule has 1 N–H and O–H groups in total. The van der Waals surface area contributed by atoms with Crippen LogP contribution in [0.5, 0.6) is 0 Å². The Hall–Kier alpha value is -3.68. The lowest BCUT2D eigenvalue weighted by Crippen LogP contribution is -2.30. The lowest BCUT2D eigenvalue weighted by molar-refractivity contribution is 0.0730. The van der Waals surface area contributed by atoms with Crippen LogP contribution in [0.25, 0.3) is 0 Å². The first-order valence-electron chi connectivity index (χ1n) is 10.5. The topological polar surface area (TPSA) is 79.6 Å². The molecule has 0 saturated heterocycles. The summed E-state index contributed by atoms with van der Waals surface area (Å²) in [7, 11) is -3.73. The second-order valence-electron chi connectivity index (χ2n) is 7.56. The van der Waals surface area contributed by atoms with E-state index in [4.69, 9.17) is 4.42 Å². The maximum absolute atomic E-state index is 13.3. The van der Waals surface area contributed by atoms with E-state index < -0.39 is 10.0 Å². The highest BCUT2D eigenvalue weighted by Crippen LogP contribution is 2.17. The summed E-state index contributed by atoms with van der Waals surface area (Å²) in [4.78, 5) is 15.2. The van der Waals surface area contributed by atoms with E-state index in [2.05, 4.69) is 4.72 Å². The van der Waals surface area contributed by atoms with Crippen molar-refractivity contribution in [2.75, 3.05) is 0 Å². The molecule has 4 rings (SSSR count). The minimum absolute atomic E-state index is 0.0535. The summed E-state index contributed by atoms with van der Waals surface area (Å²) < 4.78 is 32.8. The van der Waals surface area contributed by atoms with Gasteiger partial charge in [-0.15, -0.1) is 0 Å². The Kier molecular flexibility index (Phi) is 7.02. The zero-order valence-electron chi connectivity index (χ0n) is 17.9. The van der Waals surface area contributed by atoms with Gasteiger partial charge in [-0.1, -0.05) is 60.7 Å². The van der Waals surface area contributed by atoms with Crippen molar-refractivity contribution >= 4 is 15.9 Å². The number of hydrogen-bond acceptors (Lipinski definition) is 4. The summed E-state index contributed by atoms with van der Waals surface area (Å²) >= 11 is 0. The third-order valence-electron chi connectivity index (χ3n) is 5.15. The van der Waals surface area contributed by atoms with Crippen molar-refractivity contribution in [1.29, 1.82) is 0 Å². The quantitative estimate of drug-likeness (QED) is 0.396. The van der Waals surface area contributed by atoms with E-state index in [1.807, 2.05) is 60.7 Å². The summed E-state index contributed by atoms with van der Waals surface area (Å²) in [6.45, 7) is 0.941. The lowest BCUT2D eigenvalue weighted by Gasteiger charge is -2.23. The summed E-state index contributed by atoms with van der Waals surface area (Å²) in [5.41, 5.74) is 2.46. The predicted molar refractivity (Wildman–Crippen MR) is 126 cm³/mol. The molecule has 0 aliphatic heterocycles. The SMILES string of the molecule is O=C(c1ccc(S(=O)(=O)NCc2ccco2)cc1)N(Cc1ccccc1)Cc1ccccc1. The van der Waals surface area contributed by atoms with Gasteiger partial charge in [0, 0.05) is 18.7 Å². The molecule has 1 amide bonds. The van der Waals surface area contributed by atoms with Gasteiger partial charge in [0.2, 0.25) is 10.0 Å². The monoisotopic (exact) mass is 460 g/mol. The number of benzene rings is 3. The molecule has 33 heavy (non-hydrogen) atoms. The highest BCUT2D eigenvalue weighted by atomic mass is 32.2. The normalized spacial score (nSPS) is 11.3. The molecule has 0 aliphatic rings. The number of nitrogens with zero attached hydrogens (tertiary/aromatic N) is 1. The zero-order valence-corrected chi connectivity index (χ0v) is 18.7. The molecule has 0 spiro atoms. The van der Waals surface area contributed by atoms with E-state index in [1.54, 1.807) is 29.2 Å². The van der Waals surface area contributed by atoms with Gasteiger partial charge in [0.1, 0.15) is 5.76 Å². The minimum atomic E-state index is -3.73. The predicted octanol–water partition coefficient (Wildman–Crippen LogP) is 4.60. The van der Waals surface area contributed by atoms with Gasteiger partial charge in [0.15, 0.2) is 0 Å². The lowest BCUT2D eigenvalue weighted by atomic mass is 10.1. The van der Waals surface area contributed by atoms with Crippen molar-refractivity contribution in [3.8, 4) is 0 Å². The first-order chi connectivity index (χ1) is 16.0. The number of furan rings is 1. The molecule has 0 aliphatic carbocycles. The highest BCUT2D eigenvalue weighted by molar-refractivity contribution is 7.89. The molecule has 1 heterocycles. The minimum Gasteiger partial charge on any atom is -0.468 e. The average molecular weight is 461 g/mol. The molecule has 0 saturated carbocycles. The number of sulfonamides is 1. The first kappa shape index (κ1) is 22.5. The molecule has 0 atom stereocenters. The third kappa shape index (κ3) is 5.97. The van der Waals surface area contributed by atoms with Crippen LogP contribution in [-0.4, -0.2) is 19.2 Å². The highest BCUT2D eigenvalue weighted by Gasteiger charge is 2.19. The molecule has 168 valence electrons. The van der Waals surface area contributed by atoms with Gasteiger partial charge in [-0.3, -0.25) is 4.79 Å². The van der Waals surface area contributed by atoms with Gasteiger partial charge in [-0.2, -0.15) is 0 Å². The van der Waals surface area contributed by atoms with Crippen molar-refractivity contribution in [3.63, 3.8) is 0 Å². The second kappa shape index (κ2) is 10.3. The molecular weight excluding hydrogens is 436 g/mol. The second-order valence-corrected chi connectivity index (χ2v) is 9.33. The molecule has 3 aromatic carbocycles. The number of hydrogen-bond donors (Lipinski definition) is 1. The van der Waals surface area contributed by atoms with E-state index in [1.165, 1.54) is 18.4 Å². The number of rotatable bonds is 9. The molecule has 0 unspecified atom stereocenters. The fourth-order valence-electron chi connectivity index (χ4n) is 3.43. The van der Waals surface area contributed by atoms with E-state index in [-0.39, 0.29) is 17.3 Å². The van der Waals surface area contributed by atoms with Crippen LogP contribution in [0.1, 0.15) is 27.2 Å². The number of amides is 1. The summed E-state index contributed by atoms with van der Waals surface area (Å²) in [6, 6.07) is 28.9. The Morgan fingerprint density at radius 3 is 1.85 bits per heavy atom. The molecular formula is C26H24N2O4S. The van der Waals surface area contributed by atoms with Crippen LogP contribution in [-0.2, 0) is 29.7 Å². The molecule has 6 nitrogen and oxygen atoms in total. The maximum Gasteiger partial charge on any atom is 0.254 e. The van der Waals surface area contributed by atoms with E-state index >= 15 is 0 Å². The van der Waals surface area contributed by atoms with E-state index in [9.17, 15) is 13.2 Å². The Morgan fingerprint density at radius 2 is 1.33 bits per heavy atom. The van der Waals surface area contributed by atoms with Gasteiger partial charge in [-0.25, -0.2) is 13.1 Å². The maximum atomic E-state index is 13.3. The van der Waals surface area contributed by atoms with Crippen LogP contribution in [0.4, 0.5) is 0 Å². The van der Waals surface area contributed by atoms with Crippen LogP contribution < -0.4 is 4.72 Å². The van der Waals surface area contributed by atoms with Crippen molar-refractivity contribution < 1.29 is 17.6 Å². The zero-order chi connectivity index (χ0) is 23.1. The first-order valence-corrected chi connectivity index (χ1v) is 12.0. The summed E-state index contributed by atoms with van der Waals surface area (Å²) in [6.07, 6.45) is 1.49. The Morgan fingerprint density at radius 1 is 0.758 bits per heavy atom. The van der Waals surface area contributed by atoms with Crippen molar-refractivity contribution in [2.24, 2.45) is 0 Å². The average Bonchev–Trinajstić information content (AvgIpc) is 3.37. The fourth-order valence-corrected chi connectivity index (χ4v) is 4.42. The van der Waals surface area contributed by atoms with Crippen molar-refractivity contribution in [2.45, 2.75) is 24.5 Å². The van der Waals surface area contributed by atoms with Crippen molar-refractivity contribution in [1.82, 2.24) is 9.62 Å². The number of nitrogens with one attached hydrogen (secondary N) is 1. The van der Waals surface area contributed by atoms with Gasteiger partial charge in [-0.05, 0) is 47.5 Å². The fraction of sp³-hybridized carbons (Fsp3) is 0.115. The smallest absolute Gasteiger partial charge is 0.254 e. The molecule has 7 heteroatoms. The third-order valence-corrected chi connectivity index (χ3v) is 6.56. The molecule has 1 aromatic heterocycles. The van der Waals surface area contributed by atoms with Crippen LogP contribution in [0.3, 0.4) is 0 Å². The number of carbonyl (C=O) groups is 1. The van der Waals surface area contributed by atoms with Crippen LogP contribution in [0, 0.1) is 0 Å². The van der Waals surface area contributed by atoms with Gasteiger partial charge in [0.25, 0.3) is 5.91 Å².